The van der Waals surface area contributed by atoms with Gasteiger partial charge in [0.2, 0.25) is 0 Å². The number of hydrogen-bond acceptors (Lipinski definition) is 1. The first-order chi connectivity index (χ1) is 10.6. The lowest BCUT2D eigenvalue weighted by atomic mass is 9.77. The SMILES string of the molecule is Fc1ccccc1[C@@H]1Nc2c(Cl)cc(Cl)cc2[C@@H]2C=CC[C@@H]21. The van der Waals surface area contributed by atoms with Crippen LogP contribution in [0.2, 0.25) is 10.0 Å². The fraction of sp³-hybridized carbons (Fsp3) is 0.222. The fourth-order valence-electron chi connectivity index (χ4n) is 3.66. The highest BCUT2D eigenvalue weighted by molar-refractivity contribution is 6.36. The number of fused-ring (bicyclic) bond motifs is 3. The third kappa shape index (κ3) is 2.13. The van der Waals surface area contributed by atoms with E-state index in [2.05, 4.69) is 17.5 Å². The van der Waals surface area contributed by atoms with Crippen molar-refractivity contribution in [1.82, 2.24) is 0 Å². The van der Waals surface area contributed by atoms with E-state index < -0.39 is 0 Å². The van der Waals surface area contributed by atoms with Crippen molar-refractivity contribution >= 4 is 28.9 Å². The predicted molar refractivity (Wildman–Crippen MR) is 89.2 cm³/mol. The third-order valence-electron chi connectivity index (χ3n) is 4.63. The maximum Gasteiger partial charge on any atom is 0.128 e. The van der Waals surface area contributed by atoms with Gasteiger partial charge in [0.1, 0.15) is 5.82 Å². The molecule has 2 aromatic rings. The summed E-state index contributed by atoms with van der Waals surface area (Å²) in [7, 11) is 0. The molecular formula is C18H14Cl2FN. The summed E-state index contributed by atoms with van der Waals surface area (Å²) >= 11 is 12.5. The van der Waals surface area contributed by atoms with Gasteiger partial charge in [-0.3, -0.25) is 0 Å². The molecule has 0 amide bonds. The Bertz CT molecular complexity index is 772. The highest BCUT2D eigenvalue weighted by Gasteiger charge is 2.39. The van der Waals surface area contributed by atoms with Gasteiger partial charge in [-0.2, -0.15) is 0 Å². The van der Waals surface area contributed by atoms with Crippen LogP contribution in [0.3, 0.4) is 0 Å². The number of rotatable bonds is 1. The summed E-state index contributed by atoms with van der Waals surface area (Å²) in [5.41, 5.74) is 2.66. The Labute approximate surface area is 138 Å². The molecule has 1 N–H and O–H groups in total. The lowest BCUT2D eigenvalue weighted by Gasteiger charge is -2.38. The minimum absolute atomic E-state index is 0.0904. The Morgan fingerprint density at radius 3 is 2.73 bits per heavy atom. The van der Waals surface area contributed by atoms with E-state index in [9.17, 15) is 4.39 Å². The largest absolute Gasteiger partial charge is 0.376 e. The molecule has 4 heteroatoms. The first-order valence-corrected chi connectivity index (χ1v) is 8.07. The van der Waals surface area contributed by atoms with E-state index in [1.165, 1.54) is 6.07 Å². The van der Waals surface area contributed by atoms with Crippen LogP contribution in [-0.2, 0) is 0 Å². The molecule has 0 unspecified atom stereocenters. The molecule has 1 heterocycles. The summed E-state index contributed by atoms with van der Waals surface area (Å²) in [6, 6.07) is 10.5. The minimum atomic E-state index is -0.181. The zero-order chi connectivity index (χ0) is 15.3. The van der Waals surface area contributed by atoms with Gasteiger partial charge in [0.25, 0.3) is 0 Å². The molecule has 0 spiro atoms. The van der Waals surface area contributed by atoms with Gasteiger partial charge in [-0.05, 0) is 36.1 Å². The second-order valence-corrected chi connectivity index (χ2v) is 6.69. The van der Waals surface area contributed by atoms with E-state index in [-0.39, 0.29) is 23.7 Å². The summed E-state index contributed by atoms with van der Waals surface area (Å²) in [4.78, 5) is 0. The Morgan fingerprint density at radius 2 is 1.91 bits per heavy atom. The number of anilines is 1. The second kappa shape index (κ2) is 5.29. The van der Waals surface area contributed by atoms with Gasteiger partial charge in [-0.25, -0.2) is 4.39 Å². The second-order valence-electron chi connectivity index (χ2n) is 5.85. The van der Waals surface area contributed by atoms with Crippen LogP contribution >= 0.6 is 23.2 Å². The van der Waals surface area contributed by atoms with Crippen LogP contribution in [0.5, 0.6) is 0 Å². The van der Waals surface area contributed by atoms with E-state index in [1.54, 1.807) is 12.1 Å². The van der Waals surface area contributed by atoms with Gasteiger partial charge >= 0.3 is 0 Å². The lowest BCUT2D eigenvalue weighted by Crippen LogP contribution is -2.29. The van der Waals surface area contributed by atoms with Crippen molar-refractivity contribution in [2.75, 3.05) is 5.32 Å². The monoisotopic (exact) mass is 333 g/mol. The van der Waals surface area contributed by atoms with E-state index >= 15 is 0 Å². The molecule has 4 rings (SSSR count). The molecule has 22 heavy (non-hydrogen) atoms. The van der Waals surface area contributed by atoms with Crippen LogP contribution in [-0.4, -0.2) is 0 Å². The zero-order valence-electron chi connectivity index (χ0n) is 11.7. The summed E-state index contributed by atoms with van der Waals surface area (Å²) in [5.74, 6) is 0.315. The number of benzene rings is 2. The molecule has 1 nitrogen and oxygen atoms in total. The van der Waals surface area contributed by atoms with Crippen molar-refractivity contribution in [3.63, 3.8) is 0 Å². The van der Waals surface area contributed by atoms with Gasteiger partial charge in [-0.1, -0.05) is 53.6 Å². The average molecular weight is 334 g/mol. The molecule has 0 saturated carbocycles. The van der Waals surface area contributed by atoms with E-state index in [0.29, 0.717) is 15.6 Å². The molecule has 0 saturated heterocycles. The number of nitrogens with one attached hydrogen (secondary N) is 1. The number of allylic oxidation sites excluding steroid dienone is 2. The van der Waals surface area contributed by atoms with Gasteiger partial charge in [0, 0.05) is 16.5 Å². The Hall–Kier alpha value is -1.51. The van der Waals surface area contributed by atoms with Crippen LogP contribution in [0, 0.1) is 11.7 Å². The topological polar surface area (TPSA) is 12.0 Å². The highest BCUT2D eigenvalue weighted by atomic mass is 35.5. The third-order valence-corrected chi connectivity index (χ3v) is 5.14. The van der Waals surface area contributed by atoms with Gasteiger partial charge in [-0.15, -0.1) is 0 Å². The molecule has 3 atom stereocenters. The van der Waals surface area contributed by atoms with Crippen molar-refractivity contribution in [2.45, 2.75) is 18.4 Å². The molecular weight excluding hydrogens is 320 g/mol. The van der Waals surface area contributed by atoms with Crippen LogP contribution in [0.1, 0.15) is 29.5 Å². The van der Waals surface area contributed by atoms with Gasteiger partial charge in [0.05, 0.1) is 16.8 Å². The average Bonchev–Trinajstić information content (AvgIpc) is 2.97. The zero-order valence-corrected chi connectivity index (χ0v) is 13.2. The lowest BCUT2D eigenvalue weighted by molar-refractivity contribution is 0.413. The van der Waals surface area contributed by atoms with Crippen molar-refractivity contribution < 1.29 is 4.39 Å². The molecule has 0 bridgehead atoms. The Kier molecular flexibility index (Phi) is 3.39. The van der Waals surface area contributed by atoms with Crippen molar-refractivity contribution in [3.05, 3.63) is 75.5 Å². The van der Waals surface area contributed by atoms with Gasteiger partial charge < -0.3 is 5.32 Å². The molecule has 0 radical (unpaired) electrons. The molecule has 0 fully saturated rings. The normalized spacial score (nSPS) is 25.5. The van der Waals surface area contributed by atoms with E-state index in [4.69, 9.17) is 23.2 Å². The van der Waals surface area contributed by atoms with Crippen LogP contribution in [0.25, 0.3) is 0 Å². The minimum Gasteiger partial charge on any atom is -0.376 e. The van der Waals surface area contributed by atoms with Crippen molar-refractivity contribution in [3.8, 4) is 0 Å². The molecule has 2 aliphatic rings. The van der Waals surface area contributed by atoms with Crippen molar-refractivity contribution in [2.24, 2.45) is 5.92 Å². The van der Waals surface area contributed by atoms with Gasteiger partial charge in [0.15, 0.2) is 0 Å². The van der Waals surface area contributed by atoms with E-state index in [0.717, 1.165) is 17.7 Å². The molecule has 1 aliphatic heterocycles. The summed E-state index contributed by atoms with van der Waals surface area (Å²) in [6.45, 7) is 0. The maximum atomic E-state index is 14.3. The first-order valence-electron chi connectivity index (χ1n) is 7.31. The number of halogens is 3. The Morgan fingerprint density at radius 1 is 1.09 bits per heavy atom. The molecule has 2 aromatic carbocycles. The van der Waals surface area contributed by atoms with E-state index in [1.807, 2.05) is 18.2 Å². The quantitative estimate of drug-likeness (QED) is 0.635. The summed E-state index contributed by atoms with van der Waals surface area (Å²) in [5, 5.41) is 4.67. The first kappa shape index (κ1) is 14.1. The smallest absolute Gasteiger partial charge is 0.128 e. The molecule has 1 aliphatic carbocycles. The van der Waals surface area contributed by atoms with Crippen LogP contribution < -0.4 is 5.32 Å². The predicted octanol–water partition coefficient (Wildman–Crippen LogP) is 5.96. The fourth-order valence-corrected chi connectivity index (χ4v) is 4.22. The Balaban J connectivity index is 1.86. The van der Waals surface area contributed by atoms with Crippen LogP contribution in [0.4, 0.5) is 10.1 Å². The number of hydrogen-bond donors (Lipinski definition) is 1. The maximum absolute atomic E-state index is 14.3. The molecule has 112 valence electrons. The standard InChI is InChI=1S/C18H14Cl2FN/c19-10-8-14-11-5-3-6-12(11)17(22-18(14)15(20)9-10)13-4-1-2-7-16(13)21/h1-5,7-9,11-12,17,22H,6H2/t11-,12+,17-/m1/s1. The summed E-state index contributed by atoms with van der Waals surface area (Å²) < 4.78 is 14.3. The highest BCUT2D eigenvalue weighted by Crippen LogP contribution is 2.52. The molecule has 0 aromatic heterocycles. The summed E-state index contributed by atoms with van der Waals surface area (Å²) in [6.07, 6.45) is 5.26. The van der Waals surface area contributed by atoms with Crippen molar-refractivity contribution in [1.29, 1.82) is 0 Å². The van der Waals surface area contributed by atoms with Crippen LogP contribution in [0.15, 0.2) is 48.6 Å².